The number of aromatic nitrogens is 2. The molecule has 4 aromatic rings. The average Bonchev–Trinajstić information content (AvgIpc) is 3.33. The first-order valence-electron chi connectivity index (χ1n) is 17.6. The van der Waals surface area contributed by atoms with Crippen LogP contribution in [0.25, 0.3) is 11.0 Å². The lowest BCUT2D eigenvalue weighted by atomic mass is 9.97. The van der Waals surface area contributed by atoms with E-state index in [2.05, 4.69) is 45.9 Å². The molecule has 0 saturated heterocycles. The minimum absolute atomic E-state index is 0.179. The predicted molar refractivity (Wildman–Crippen MR) is 211 cm³/mol. The van der Waals surface area contributed by atoms with Gasteiger partial charge in [-0.25, -0.2) is 9.78 Å². The van der Waals surface area contributed by atoms with Crippen LogP contribution in [0.2, 0.25) is 25.7 Å². The first kappa shape index (κ1) is 39.5. The molecule has 13 heteroatoms. The lowest BCUT2D eigenvalue weighted by Crippen LogP contribution is -2.41. The molecule has 0 spiro atoms. The van der Waals surface area contributed by atoms with E-state index in [9.17, 15) is 14.4 Å². The Hall–Kier alpha value is -3.71. The number of hydrogen-bond donors (Lipinski definition) is 1. The number of rotatable bonds is 13. The number of amides is 2. The van der Waals surface area contributed by atoms with Gasteiger partial charge in [0.05, 0.1) is 12.2 Å². The largest absolute Gasteiger partial charge is 0.456 e. The number of halogens is 2. The molecule has 52 heavy (non-hydrogen) atoms. The van der Waals surface area contributed by atoms with Crippen molar-refractivity contribution < 1.29 is 28.6 Å². The number of carbonyl (C=O) groups is 3. The van der Waals surface area contributed by atoms with E-state index in [-0.39, 0.29) is 35.7 Å². The van der Waals surface area contributed by atoms with Crippen LogP contribution >= 0.6 is 27.5 Å². The summed E-state index contributed by atoms with van der Waals surface area (Å²) in [4.78, 5) is 46.3. The summed E-state index contributed by atoms with van der Waals surface area (Å²) in [6.07, 6.45) is 7.00. The second-order valence-electron chi connectivity index (χ2n) is 15.3. The van der Waals surface area contributed by atoms with Crippen molar-refractivity contribution in [3.8, 4) is 11.5 Å². The molecule has 278 valence electrons. The topological polar surface area (TPSA) is 112 Å². The number of nitrogens with one attached hydrogen (secondary N) is 1. The average molecular weight is 812 g/mol. The van der Waals surface area contributed by atoms with Crippen molar-refractivity contribution in [1.82, 2.24) is 14.5 Å². The SMILES string of the molecule is CC(C)(C)OC(=O)c1ccc(NC(=O)CN(C(=O)CCl)[C@@H]2CCCCc3c(Br)cccc32)cc1Oc1cnc2c(ccn2COCC[Si](C)(C)C)c1. The maximum Gasteiger partial charge on any atom is 0.342 e. The first-order chi connectivity index (χ1) is 24.6. The van der Waals surface area contributed by atoms with E-state index in [1.165, 1.54) is 0 Å². The van der Waals surface area contributed by atoms with Crippen molar-refractivity contribution in [3.63, 3.8) is 0 Å². The molecule has 0 saturated carbocycles. The molecule has 5 rings (SSSR count). The fourth-order valence-corrected chi connectivity index (χ4v) is 7.64. The molecule has 1 N–H and O–H groups in total. The highest BCUT2D eigenvalue weighted by Crippen LogP contribution is 2.37. The van der Waals surface area contributed by atoms with Crippen LogP contribution in [0.4, 0.5) is 5.69 Å². The van der Waals surface area contributed by atoms with Gasteiger partial charge in [-0.2, -0.15) is 0 Å². The van der Waals surface area contributed by atoms with Gasteiger partial charge >= 0.3 is 5.97 Å². The third-order valence-electron chi connectivity index (χ3n) is 8.71. The Bertz CT molecular complexity index is 1920. The number of hydrogen-bond acceptors (Lipinski definition) is 7. The van der Waals surface area contributed by atoms with Crippen LogP contribution < -0.4 is 10.1 Å². The second-order valence-corrected chi connectivity index (χ2v) is 22.0. The Balaban J connectivity index is 1.37. The van der Waals surface area contributed by atoms with Gasteiger partial charge in [-0.05, 0) is 87.5 Å². The Labute approximate surface area is 320 Å². The van der Waals surface area contributed by atoms with Gasteiger partial charge in [0.25, 0.3) is 0 Å². The maximum atomic E-state index is 13.6. The maximum absolute atomic E-state index is 13.6. The van der Waals surface area contributed by atoms with E-state index < -0.39 is 25.6 Å². The molecule has 2 heterocycles. The number of pyridine rings is 1. The van der Waals surface area contributed by atoms with Crippen molar-refractivity contribution in [2.75, 3.05) is 24.3 Å². The minimum atomic E-state index is -1.20. The fourth-order valence-electron chi connectivity index (χ4n) is 6.15. The first-order valence-corrected chi connectivity index (χ1v) is 22.7. The molecular weight excluding hydrogens is 764 g/mol. The van der Waals surface area contributed by atoms with E-state index in [4.69, 9.17) is 25.8 Å². The van der Waals surface area contributed by atoms with Gasteiger partial charge in [-0.3, -0.25) is 9.59 Å². The number of ether oxygens (including phenoxy) is 3. The van der Waals surface area contributed by atoms with Gasteiger partial charge in [0.2, 0.25) is 11.8 Å². The normalized spacial score (nSPS) is 14.7. The molecule has 1 aliphatic carbocycles. The third-order valence-corrected chi connectivity index (χ3v) is 11.4. The summed E-state index contributed by atoms with van der Waals surface area (Å²) in [6, 6.07) is 15.3. The van der Waals surface area contributed by atoms with Crippen LogP contribution in [0.3, 0.4) is 0 Å². The third kappa shape index (κ3) is 10.5. The van der Waals surface area contributed by atoms with Crippen LogP contribution in [-0.4, -0.2) is 64.9 Å². The fraction of sp³-hybridized carbons (Fsp3) is 0.436. The van der Waals surface area contributed by atoms with E-state index in [0.717, 1.165) is 58.4 Å². The standard InChI is InChI=1S/C39H48BrClN4O6Si/c1-39(2,3)51-38(48)31-15-14-27(21-34(31)50-28-20-26-16-17-44(37(26)42-23-28)25-49-18-19-52(4,5)6)43-35(46)24-45(36(47)22-41)33-13-8-7-10-29-30(33)11-9-12-32(29)40/h9,11-12,14-17,20-21,23,33H,7-8,10,13,18-19,22,24-25H2,1-6H3,(H,43,46)/t33-/m1/s1. The van der Waals surface area contributed by atoms with Gasteiger partial charge in [-0.1, -0.05) is 54.1 Å². The number of anilines is 1. The predicted octanol–water partition coefficient (Wildman–Crippen LogP) is 9.33. The van der Waals surface area contributed by atoms with Gasteiger partial charge in [0.15, 0.2) is 0 Å². The summed E-state index contributed by atoms with van der Waals surface area (Å²) >= 11 is 9.75. The molecule has 2 amide bonds. The number of fused-ring (bicyclic) bond motifs is 2. The monoisotopic (exact) mass is 810 g/mol. The molecule has 2 aromatic heterocycles. The molecule has 2 aromatic carbocycles. The lowest BCUT2D eigenvalue weighted by molar-refractivity contribution is -0.135. The van der Waals surface area contributed by atoms with Gasteiger partial charge in [-0.15, -0.1) is 11.6 Å². The smallest absolute Gasteiger partial charge is 0.342 e. The molecule has 1 aliphatic rings. The van der Waals surface area contributed by atoms with Crippen LogP contribution in [0.5, 0.6) is 11.5 Å². The summed E-state index contributed by atoms with van der Waals surface area (Å²) in [5.74, 6) is -0.981. The summed E-state index contributed by atoms with van der Waals surface area (Å²) in [7, 11) is -1.20. The number of nitrogens with zero attached hydrogens (tertiary/aromatic N) is 3. The van der Waals surface area contributed by atoms with Crippen molar-refractivity contribution >= 4 is 70.1 Å². The molecule has 1 atom stereocenters. The van der Waals surface area contributed by atoms with Crippen LogP contribution in [0.1, 0.15) is 67.6 Å². The highest BCUT2D eigenvalue weighted by molar-refractivity contribution is 9.10. The molecule has 0 aliphatic heterocycles. The van der Waals surface area contributed by atoms with E-state index in [1.54, 1.807) is 50.1 Å². The van der Waals surface area contributed by atoms with Crippen LogP contribution in [0, 0.1) is 0 Å². The summed E-state index contributed by atoms with van der Waals surface area (Å²) in [5.41, 5.74) is 2.73. The zero-order valence-electron chi connectivity index (χ0n) is 30.8. The van der Waals surface area contributed by atoms with Crippen LogP contribution in [0.15, 0.2) is 65.4 Å². The molecule has 0 radical (unpaired) electrons. The van der Waals surface area contributed by atoms with Gasteiger partial charge in [0.1, 0.15) is 47.5 Å². The van der Waals surface area contributed by atoms with Crippen molar-refractivity contribution in [2.45, 2.75) is 90.5 Å². The number of esters is 1. The van der Waals surface area contributed by atoms with Crippen molar-refractivity contribution in [2.24, 2.45) is 0 Å². The van der Waals surface area contributed by atoms with E-state index >= 15 is 0 Å². The van der Waals surface area contributed by atoms with E-state index in [1.807, 2.05) is 41.1 Å². The zero-order valence-corrected chi connectivity index (χ0v) is 34.1. The number of benzene rings is 2. The van der Waals surface area contributed by atoms with Crippen molar-refractivity contribution in [3.05, 3.63) is 82.1 Å². The summed E-state index contributed by atoms with van der Waals surface area (Å²) in [5, 5.41) is 3.74. The minimum Gasteiger partial charge on any atom is -0.456 e. The van der Waals surface area contributed by atoms with Crippen molar-refractivity contribution in [1.29, 1.82) is 0 Å². The van der Waals surface area contributed by atoms with Crippen LogP contribution in [-0.2, 0) is 32.2 Å². The van der Waals surface area contributed by atoms with Gasteiger partial charge < -0.3 is 29.0 Å². The Morgan fingerprint density at radius 1 is 1.10 bits per heavy atom. The molecule has 0 unspecified atom stereocenters. The summed E-state index contributed by atoms with van der Waals surface area (Å²) in [6.45, 7) is 13.2. The Kier molecular flexibility index (Phi) is 12.9. The van der Waals surface area contributed by atoms with E-state index in [0.29, 0.717) is 24.8 Å². The number of alkyl halides is 1. The second kappa shape index (κ2) is 17.0. The molecular formula is C39H48BrClN4O6Si. The Morgan fingerprint density at radius 2 is 1.88 bits per heavy atom. The number of carbonyl (C=O) groups excluding carboxylic acids is 3. The molecule has 10 nitrogen and oxygen atoms in total. The van der Waals surface area contributed by atoms with Gasteiger partial charge in [0, 0.05) is 42.5 Å². The molecule has 0 fully saturated rings. The molecule has 0 bridgehead atoms. The zero-order chi connectivity index (χ0) is 37.6. The highest BCUT2D eigenvalue weighted by atomic mass is 79.9. The highest BCUT2D eigenvalue weighted by Gasteiger charge is 2.30. The Morgan fingerprint density at radius 3 is 2.62 bits per heavy atom. The summed E-state index contributed by atoms with van der Waals surface area (Å²) < 4.78 is 20.8. The lowest BCUT2D eigenvalue weighted by Gasteiger charge is -2.32. The quantitative estimate of drug-likeness (QED) is 0.0471.